The van der Waals surface area contributed by atoms with Crippen molar-refractivity contribution in [3.63, 3.8) is 0 Å². The molecule has 0 radical (unpaired) electrons. The van der Waals surface area contributed by atoms with Gasteiger partial charge in [0.25, 0.3) is 0 Å². The van der Waals surface area contributed by atoms with Gasteiger partial charge < -0.3 is 10.6 Å². The number of carbonyl (C=O) groups excluding carboxylic acids is 1. The largest absolute Gasteiger partial charge is 0.435 e. The normalized spacial score (nSPS) is 12.7. The Bertz CT molecular complexity index is 931. The lowest BCUT2D eigenvalue weighted by Gasteiger charge is -2.14. The first kappa shape index (κ1) is 18.8. The number of halogens is 3. The third kappa shape index (κ3) is 4.78. The maximum atomic E-state index is 12.6. The maximum absolute atomic E-state index is 12.6. The second kappa shape index (κ2) is 7.69. The number of nitrogens with one attached hydrogen (secondary N) is 2. The molecule has 1 heterocycles. The van der Waals surface area contributed by atoms with E-state index in [-0.39, 0.29) is 18.5 Å². The number of rotatable bonds is 5. The molecule has 8 heteroatoms. The number of anilines is 1. The van der Waals surface area contributed by atoms with E-state index in [0.29, 0.717) is 12.2 Å². The first-order valence-electron chi connectivity index (χ1n) is 8.46. The van der Waals surface area contributed by atoms with Gasteiger partial charge in [-0.25, -0.2) is 4.79 Å². The number of benzene rings is 2. The van der Waals surface area contributed by atoms with Crippen molar-refractivity contribution in [1.29, 1.82) is 0 Å². The van der Waals surface area contributed by atoms with Gasteiger partial charge in [-0.05, 0) is 23.4 Å². The molecule has 1 aromatic heterocycles. The van der Waals surface area contributed by atoms with Crippen molar-refractivity contribution in [3.8, 4) is 0 Å². The highest BCUT2D eigenvalue weighted by Crippen LogP contribution is 2.27. The maximum Gasteiger partial charge on any atom is 0.435 e. The van der Waals surface area contributed by atoms with E-state index in [2.05, 4.69) is 15.7 Å². The minimum Gasteiger partial charge on any atom is -0.338 e. The van der Waals surface area contributed by atoms with Gasteiger partial charge in [-0.1, -0.05) is 43.3 Å². The molecule has 3 rings (SSSR count). The highest BCUT2D eigenvalue weighted by molar-refractivity contribution is 6.01. The van der Waals surface area contributed by atoms with Crippen LogP contribution in [0.25, 0.3) is 10.8 Å². The van der Waals surface area contributed by atoms with Crippen LogP contribution in [0.5, 0.6) is 0 Å². The molecule has 2 N–H and O–H groups in total. The summed E-state index contributed by atoms with van der Waals surface area (Å²) < 4.78 is 38.9. The summed E-state index contributed by atoms with van der Waals surface area (Å²) in [6.45, 7) is 2.40. The van der Waals surface area contributed by atoms with Crippen LogP contribution in [0.15, 0.2) is 54.7 Å². The summed E-state index contributed by atoms with van der Waals surface area (Å²) in [5.41, 5.74) is -0.225. The number of alkyl halides is 3. The zero-order valence-corrected chi connectivity index (χ0v) is 14.6. The van der Waals surface area contributed by atoms with Crippen LogP contribution in [0.4, 0.5) is 23.7 Å². The third-order valence-electron chi connectivity index (χ3n) is 4.08. The van der Waals surface area contributed by atoms with Crippen molar-refractivity contribution in [3.05, 3.63) is 60.4 Å². The van der Waals surface area contributed by atoms with Gasteiger partial charge in [-0.2, -0.15) is 18.3 Å². The molecule has 0 aliphatic heterocycles. The molecule has 2 amide bonds. The minimum atomic E-state index is -4.45. The molecule has 27 heavy (non-hydrogen) atoms. The standard InChI is InChI=1S/C19H19F3N4O/c1-13(12-26-10-9-17(25-26)19(20,21)22)11-23-18(27)24-16-8-4-6-14-5-2-3-7-15(14)16/h2-10,13H,11-12H2,1H3,(H2,23,24,27). The molecule has 2 aromatic carbocycles. The Morgan fingerprint density at radius 2 is 1.89 bits per heavy atom. The highest BCUT2D eigenvalue weighted by atomic mass is 19.4. The number of amides is 2. The lowest BCUT2D eigenvalue weighted by Crippen LogP contribution is -2.33. The van der Waals surface area contributed by atoms with Crippen LogP contribution in [0, 0.1) is 5.92 Å². The summed E-state index contributed by atoms with van der Waals surface area (Å²) in [6, 6.07) is 13.9. The van der Waals surface area contributed by atoms with Crippen molar-refractivity contribution in [2.24, 2.45) is 5.92 Å². The number of carbonyl (C=O) groups is 1. The van der Waals surface area contributed by atoms with E-state index in [1.54, 1.807) is 0 Å². The lowest BCUT2D eigenvalue weighted by atomic mass is 10.1. The van der Waals surface area contributed by atoms with Gasteiger partial charge in [0.05, 0.1) is 5.69 Å². The highest BCUT2D eigenvalue weighted by Gasteiger charge is 2.33. The Labute approximate surface area is 154 Å². The smallest absolute Gasteiger partial charge is 0.338 e. The molecule has 3 aromatic rings. The summed E-state index contributed by atoms with van der Waals surface area (Å²) in [6.07, 6.45) is -3.17. The number of fused-ring (bicyclic) bond motifs is 1. The van der Waals surface area contributed by atoms with E-state index >= 15 is 0 Å². The van der Waals surface area contributed by atoms with Crippen LogP contribution in [-0.2, 0) is 12.7 Å². The Morgan fingerprint density at radius 3 is 2.63 bits per heavy atom. The van der Waals surface area contributed by atoms with Gasteiger partial charge in [-0.15, -0.1) is 0 Å². The van der Waals surface area contributed by atoms with Gasteiger partial charge in [0.15, 0.2) is 5.69 Å². The predicted molar refractivity (Wildman–Crippen MR) is 97.4 cm³/mol. The van der Waals surface area contributed by atoms with Crippen LogP contribution in [0.1, 0.15) is 12.6 Å². The molecule has 0 bridgehead atoms. The molecule has 5 nitrogen and oxygen atoms in total. The van der Waals surface area contributed by atoms with Crippen LogP contribution in [0.2, 0.25) is 0 Å². The summed E-state index contributed by atoms with van der Waals surface area (Å²) in [7, 11) is 0. The quantitative estimate of drug-likeness (QED) is 0.688. The molecule has 0 aliphatic rings. The van der Waals surface area contributed by atoms with Gasteiger partial charge >= 0.3 is 12.2 Å². The Kier molecular flexibility index (Phi) is 5.34. The summed E-state index contributed by atoms with van der Waals surface area (Å²) in [4.78, 5) is 12.2. The monoisotopic (exact) mass is 376 g/mol. The molecule has 0 spiro atoms. The van der Waals surface area contributed by atoms with Crippen LogP contribution in [0.3, 0.4) is 0 Å². The average molecular weight is 376 g/mol. The fourth-order valence-electron chi connectivity index (χ4n) is 2.77. The zero-order valence-electron chi connectivity index (χ0n) is 14.6. The van der Waals surface area contributed by atoms with E-state index < -0.39 is 11.9 Å². The van der Waals surface area contributed by atoms with Crippen LogP contribution >= 0.6 is 0 Å². The molecule has 0 saturated heterocycles. The van der Waals surface area contributed by atoms with Crippen molar-refractivity contribution < 1.29 is 18.0 Å². The number of aromatic nitrogens is 2. The molecule has 0 saturated carbocycles. The van der Waals surface area contributed by atoms with Crippen LogP contribution < -0.4 is 10.6 Å². The van der Waals surface area contributed by atoms with Gasteiger partial charge in [-0.3, -0.25) is 4.68 Å². The minimum absolute atomic E-state index is 0.0933. The van der Waals surface area contributed by atoms with Crippen molar-refractivity contribution >= 4 is 22.5 Å². The number of nitrogens with zero attached hydrogens (tertiary/aromatic N) is 2. The summed E-state index contributed by atoms with van der Waals surface area (Å²) >= 11 is 0. The van der Waals surface area contributed by atoms with E-state index in [1.165, 1.54) is 10.9 Å². The number of urea groups is 1. The van der Waals surface area contributed by atoms with Gasteiger partial charge in [0.2, 0.25) is 0 Å². The predicted octanol–water partition coefficient (Wildman–Crippen LogP) is 4.51. The molecular formula is C19H19F3N4O. The van der Waals surface area contributed by atoms with E-state index in [1.807, 2.05) is 49.4 Å². The number of hydrogen-bond acceptors (Lipinski definition) is 2. The Balaban J connectivity index is 1.53. The van der Waals surface area contributed by atoms with Gasteiger partial charge in [0.1, 0.15) is 0 Å². The first-order valence-corrected chi connectivity index (χ1v) is 8.46. The Morgan fingerprint density at radius 1 is 1.15 bits per heavy atom. The summed E-state index contributed by atoms with van der Waals surface area (Å²) in [5, 5.41) is 11.0. The second-order valence-corrected chi connectivity index (χ2v) is 6.39. The van der Waals surface area contributed by atoms with Crippen LogP contribution in [-0.4, -0.2) is 22.4 Å². The third-order valence-corrected chi connectivity index (χ3v) is 4.08. The van der Waals surface area contributed by atoms with E-state index in [4.69, 9.17) is 0 Å². The molecule has 142 valence electrons. The fraction of sp³-hybridized carbons (Fsp3) is 0.263. The SMILES string of the molecule is CC(CNC(=O)Nc1cccc2ccccc12)Cn1ccc(C(F)(F)F)n1. The van der Waals surface area contributed by atoms with E-state index in [9.17, 15) is 18.0 Å². The molecule has 1 atom stereocenters. The fourth-order valence-corrected chi connectivity index (χ4v) is 2.77. The van der Waals surface area contributed by atoms with E-state index in [0.717, 1.165) is 16.8 Å². The molecule has 0 aliphatic carbocycles. The lowest BCUT2D eigenvalue weighted by molar-refractivity contribution is -0.141. The van der Waals surface area contributed by atoms with Gasteiger partial charge in [0, 0.05) is 24.7 Å². The zero-order chi connectivity index (χ0) is 19.4. The topological polar surface area (TPSA) is 59.0 Å². The molecule has 0 fully saturated rings. The first-order chi connectivity index (χ1) is 12.8. The molecular weight excluding hydrogens is 357 g/mol. The average Bonchev–Trinajstić information content (AvgIpc) is 3.09. The van der Waals surface area contributed by atoms with Crippen molar-refractivity contribution in [2.75, 3.05) is 11.9 Å². The summed E-state index contributed by atoms with van der Waals surface area (Å²) in [5.74, 6) is -0.0933. The van der Waals surface area contributed by atoms with Crippen molar-refractivity contribution in [2.45, 2.75) is 19.6 Å². The Hall–Kier alpha value is -3.03. The molecule has 1 unspecified atom stereocenters. The number of hydrogen-bond donors (Lipinski definition) is 2. The second-order valence-electron chi connectivity index (χ2n) is 6.39. The van der Waals surface area contributed by atoms with Crippen molar-refractivity contribution in [1.82, 2.24) is 15.1 Å².